The van der Waals surface area contributed by atoms with Gasteiger partial charge in [-0.2, -0.15) is 0 Å². The van der Waals surface area contributed by atoms with E-state index in [2.05, 4.69) is 5.32 Å². The fourth-order valence-electron chi connectivity index (χ4n) is 2.27. The molecule has 1 saturated heterocycles. The Balaban J connectivity index is 2.55. The maximum absolute atomic E-state index is 12.0. The fraction of sp³-hybridized carbons (Fsp3) is 0.867. The van der Waals surface area contributed by atoms with Crippen LogP contribution in [0.5, 0.6) is 0 Å². The van der Waals surface area contributed by atoms with Gasteiger partial charge in [-0.3, -0.25) is 4.79 Å². The Labute approximate surface area is 126 Å². The average Bonchev–Trinajstić information content (AvgIpc) is 2.24. The molecule has 0 bridgehead atoms. The van der Waals surface area contributed by atoms with Crippen LogP contribution in [0.25, 0.3) is 0 Å². The number of aliphatic hydroxyl groups is 1. The Morgan fingerprint density at radius 2 is 1.62 bits per heavy atom. The zero-order valence-corrected chi connectivity index (χ0v) is 13.9. The summed E-state index contributed by atoms with van der Waals surface area (Å²) in [5.74, 6) is -0.276. The molecule has 1 rings (SSSR count). The monoisotopic (exact) mass is 300 g/mol. The number of carbonyl (C=O) groups is 2. The van der Waals surface area contributed by atoms with Gasteiger partial charge in [-0.05, 0) is 54.4 Å². The first-order chi connectivity index (χ1) is 9.32. The third-order valence-electron chi connectivity index (χ3n) is 3.48. The number of amides is 2. The van der Waals surface area contributed by atoms with Crippen molar-refractivity contribution in [1.29, 1.82) is 0 Å². The van der Waals surface area contributed by atoms with Gasteiger partial charge in [0.2, 0.25) is 0 Å². The minimum atomic E-state index is -1.35. The van der Waals surface area contributed by atoms with E-state index in [1.807, 2.05) is 27.7 Å². The molecule has 6 nitrogen and oxygen atoms in total. The molecule has 21 heavy (non-hydrogen) atoms. The van der Waals surface area contributed by atoms with Gasteiger partial charge < -0.3 is 20.1 Å². The Bertz CT molecular complexity index is 399. The van der Waals surface area contributed by atoms with Crippen LogP contribution >= 0.6 is 0 Å². The fourth-order valence-corrected chi connectivity index (χ4v) is 2.27. The quantitative estimate of drug-likeness (QED) is 0.813. The molecule has 0 saturated carbocycles. The van der Waals surface area contributed by atoms with E-state index in [-0.39, 0.29) is 5.91 Å². The van der Waals surface area contributed by atoms with E-state index in [1.165, 1.54) is 13.8 Å². The van der Waals surface area contributed by atoms with E-state index in [9.17, 15) is 14.7 Å². The molecule has 2 N–H and O–H groups in total. The number of hydrogen-bond donors (Lipinski definition) is 2. The van der Waals surface area contributed by atoms with Gasteiger partial charge in [0.15, 0.2) is 0 Å². The molecule has 1 aliphatic rings. The number of hydrogen-bond acceptors (Lipinski definition) is 4. The number of ether oxygens (including phenoxy) is 1. The highest BCUT2D eigenvalue weighted by Crippen LogP contribution is 2.24. The molecule has 1 fully saturated rings. The summed E-state index contributed by atoms with van der Waals surface area (Å²) < 4.78 is 5.26. The average molecular weight is 300 g/mol. The number of likely N-dealkylation sites (tertiary alicyclic amines) is 1. The first-order valence-electron chi connectivity index (χ1n) is 7.35. The summed E-state index contributed by atoms with van der Waals surface area (Å²) in [7, 11) is 0. The van der Waals surface area contributed by atoms with Crippen LogP contribution in [0.1, 0.15) is 54.4 Å². The van der Waals surface area contributed by atoms with Crippen molar-refractivity contribution in [2.75, 3.05) is 13.1 Å². The van der Waals surface area contributed by atoms with Gasteiger partial charge >= 0.3 is 6.09 Å². The molecule has 0 spiro atoms. The zero-order chi connectivity index (χ0) is 16.5. The SMILES string of the molecule is CC1(NC(=O)OC(C)(C)C)CCN(C(=O)C(C)(C)O)CC1. The summed E-state index contributed by atoms with van der Waals surface area (Å²) >= 11 is 0. The standard InChI is InChI=1S/C15H28N2O4/c1-13(2,3)21-12(19)16-15(6)7-9-17(10-8-15)11(18)14(4,5)20/h20H,7-10H2,1-6H3,(H,16,19). The maximum atomic E-state index is 12.0. The summed E-state index contributed by atoms with van der Waals surface area (Å²) in [6.07, 6.45) is 0.828. The van der Waals surface area contributed by atoms with Crippen LogP contribution in [0.15, 0.2) is 0 Å². The Morgan fingerprint density at radius 1 is 1.14 bits per heavy atom. The summed E-state index contributed by atoms with van der Waals surface area (Å²) in [6.45, 7) is 11.4. The van der Waals surface area contributed by atoms with E-state index in [4.69, 9.17) is 4.74 Å². The van der Waals surface area contributed by atoms with Gasteiger partial charge in [-0.25, -0.2) is 4.79 Å². The maximum Gasteiger partial charge on any atom is 0.408 e. The third-order valence-corrected chi connectivity index (χ3v) is 3.48. The van der Waals surface area contributed by atoms with E-state index in [0.717, 1.165) is 0 Å². The lowest BCUT2D eigenvalue weighted by atomic mass is 9.89. The van der Waals surface area contributed by atoms with E-state index in [1.54, 1.807) is 4.90 Å². The molecule has 0 atom stereocenters. The van der Waals surface area contributed by atoms with Crippen molar-refractivity contribution in [3.8, 4) is 0 Å². The van der Waals surface area contributed by atoms with Crippen LogP contribution in [0.2, 0.25) is 0 Å². The van der Waals surface area contributed by atoms with Gasteiger partial charge in [0.1, 0.15) is 11.2 Å². The highest BCUT2D eigenvalue weighted by atomic mass is 16.6. The van der Waals surface area contributed by atoms with Gasteiger partial charge in [-0.1, -0.05) is 0 Å². The molecule has 1 heterocycles. The van der Waals surface area contributed by atoms with Gasteiger partial charge in [0.05, 0.1) is 0 Å². The van der Waals surface area contributed by atoms with Gasteiger partial charge in [0, 0.05) is 18.6 Å². The second-order valence-corrected chi connectivity index (χ2v) is 7.54. The Morgan fingerprint density at radius 3 is 2.00 bits per heavy atom. The predicted molar refractivity (Wildman–Crippen MR) is 79.9 cm³/mol. The third kappa shape index (κ3) is 5.53. The van der Waals surface area contributed by atoms with Crippen molar-refractivity contribution in [3.05, 3.63) is 0 Å². The molecule has 122 valence electrons. The number of carbonyl (C=O) groups excluding carboxylic acids is 2. The highest BCUT2D eigenvalue weighted by molar-refractivity contribution is 5.84. The van der Waals surface area contributed by atoms with Crippen LogP contribution in [0.3, 0.4) is 0 Å². The molecule has 0 aromatic rings. The first-order valence-corrected chi connectivity index (χ1v) is 7.35. The van der Waals surface area contributed by atoms with E-state index < -0.39 is 22.8 Å². The number of nitrogens with one attached hydrogen (secondary N) is 1. The van der Waals surface area contributed by atoms with Crippen molar-refractivity contribution in [2.24, 2.45) is 0 Å². The second-order valence-electron chi connectivity index (χ2n) is 7.54. The molecular weight excluding hydrogens is 272 g/mol. The molecule has 1 aliphatic heterocycles. The number of alkyl carbamates (subject to hydrolysis) is 1. The molecule has 2 amide bonds. The van der Waals surface area contributed by atoms with Gasteiger partial charge in [0.25, 0.3) is 5.91 Å². The van der Waals surface area contributed by atoms with E-state index >= 15 is 0 Å². The lowest BCUT2D eigenvalue weighted by molar-refractivity contribution is -0.149. The Hall–Kier alpha value is -1.30. The van der Waals surface area contributed by atoms with Crippen LogP contribution in [0.4, 0.5) is 4.79 Å². The molecule has 6 heteroatoms. The van der Waals surface area contributed by atoms with Crippen LogP contribution in [0, 0.1) is 0 Å². The highest BCUT2D eigenvalue weighted by Gasteiger charge is 2.37. The van der Waals surface area contributed by atoms with Crippen molar-refractivity contribution in [2.45, 2.75) is 71.1 Å². The minimum absolute atomic E-state index is 0.276. The number of nitrogens with zero attached hydrogens (tertiary/aromatic N) is 1. The summed E-state index contributed by atoms with van der Waals surface area (Å²) in [6, 6.07) is 0. The van der Waals surface area contributed by atoms with Crippen LogP contribution in [-0.2, 0) is 9.53 Å². The Kier molecular flexibility index (Phi) is 4.93. The predicted octanol–water partition coefficient (Wildman–Crippen LogP) is 1.66. The summed E-state index contributed by atoms with van der Waals surface area (Å²) in [5.41, 5.74) is -2.27. The molecule has 0 radical (unpaired) electrons. The lowest BCUT2D eigenvalue weighted by Gasteiger charge is -2.41. The van der Waals surface area contributed by atoms with Gasteiger partial charge in [-0.15, -0.1) is 0 Å². The van der Waals surface area contributed by atoms with Crippen molar-refractivity contribution < 1.29 is 19.4 Å². The van der Waals surface area contributed by atoms with E-state index in [0.29, 0.717) is 25.9 Å². The van der Waals surface area contributed by atoms with Crippen molar-refractivity contribution in [3.63, 3.8) is 0 Å². The smallest absolute Gasteiger partial charge is 0.408 e. The number of piperidine rings is 1. The summed E-state index contributed by atoms with van der Waals surface area (Å²) in [4.78, 5) is 25.5. The topological polar surface area (TPSA) is 78.9 Å². The molecule has 0 unspecified atom stereocenters. The zero-order valence-electron chi connectivity index (χ0n) is 13.9. The minimum Gasteiger partial charge on any atom is -0.444 e. The first kappa shape index (κ1) is 17.8. The largest absolute Gasteiger partial charge is 0.444 e. The molecule has 0 aliphatic carbocycles. The van der Waals surface area contributed by atoms with Crippen LogP contribution in [-0.4, -0.2) is 51.8 Å². The lowest BCUT2D eigenvalue weighted by Crippen LogP contribution is -2.57. The molecule has 0 aromatic carbocycles. The second kappa shape index (κ2) is 5.83. The summed E-state index contributed by atoms with van der Waals surface area (Å²) in [5, 5.41) is 12.6. The molecule has 0 aromatic heterocycles. The van der Waals surface area contributed by atoms with Crippen molar-refractivity contribution in [1.82, 2.24) is 10.2 Å². The van der Waals surface area contributed by atoms with Crippen molar-refractivity contribution >= 4 is 12.0 Å². The molecular formula is C15H28N2O4. The normalized spacial score (nSPS) is 19.1. The van der Waals surface area contributed by atoms with Crippen LogP contribution < -0.4 is 5.32 Å². The number of rotatable bonds is 2.